The number of rotatable bonds is 5. The standard InChI is InChI=1S/C10H9NO2.C9H9NO/c1-13-10-3-2-8(4-5-11)6-9(10)7-12;1-11-9-4-2-8(3-5-9)6-7-10/h2-3,6-7H,4H2,1H3;2-5H,6H2,1H3. The Morgan fingerprint density at radius 2 is 1.50 bits per heavy atom. The molecule has 2 aromatic carbocycles. The van der Waals surface area contributed by atoms with Crippen molar-refractivity contribution in [3.63, 3.8) is 0 Å². The molecule has 0 saturated heterocycles. The molecule has 2 aromatic rings. The van der Waals surface area contributed by atoms with Crippen LogP contribution in [-0.2, 0) is 12.8 Å². The Morgan fingerprint density at radius 1 is 0.917 bits per heavy atom. The highest BCUT2D eigenvalue weighted by molar-refractivity contribution is 5.79. The van der Waals surface area contributed by atoms with Crippen LogP contribution in [0, 0.1) is 22.7 Å². The fraction of sp³-hybridized carbons (Fsp3) is 0.211. The second kappa shape index (κ2) is 10.4. The van der Waals surface area contributed by atoms with Crippen molar-refractivity contribution >= 4 is 6.29 Å². The highest BCUT2D eigenvalue weighted by atomic mass is 16.5. The third-order valence-electron chi connectivity index (χ3n) is 3.15. The van der Waals surface area contributed by atoms with E-state index < -0.39 is 0 Å². The Kier molecular flexibility index (Phi) is 8.14. The maximum atomic E-state index is 10.6. The van der Waals surface area contributed by atoms with Crippen LogP contribution in [-0.4, -0.2) is 20.5 Å². The Hall–Kier alpha value is -3.31. The van der Waals surface area contributed by atoms with Crippen molar-refractivity contribution in [2.45, 2.75) is 12.8 Å². The summed E-state index contributed by atoms with van der Waals surface area (Å²) in [5.74, 6) is 1.36. The van der Waals surface area contributed by atoms with Crippen LogP contribution in [0.3, 0.4) is 0 Å². The molecule has 0 aliphatic carbocycles. The van der Waals surface area contributed by atoms with E-state index in [1.165, 1.54) is 7.11 Å². The summed E-state index contributed by atoms with van der Waals surface area (Å²) in [4.78, 5) is 10.6. The number of benzene rings is 2. The van der Waals surface area contributed by atoms with Crippen LogP contribution >= 0.6 is 0 Å². The molecule has 0 aliphatic heterocycles. The molecule has 0 radical (unpaired) electrons. The molecule has 0 aromatic heterocycles. The van der Waals surface area contributed by atoms with Gasteiger partial charge >= 0.3 is 0 Å². The maximum Gasteiger partial charge on any atom is 0.153 e. The van der Waals surface area contributed by atoms with Crippen LogP contribution in [0.15, 0.2) is 42.5 Å². The van der Waals surface area contributed by atoms with Gasteiger partial charge in [-0.25, -0.2) is 0 Å². The fourth-order valence-corrected chi connectivity index (χ4v) is 1.91. The summed E-state index contributed by atoms with van der Waals surface area (Å²) in [5.41, 5.74) is 2.33. The van der Waals surface area contributed by atoms with E-state index in [-0.39, 0.29) is 0 Å². The molecule has 0 atom stereocenters. The van der Waals surface area contributed by atoms with E-state index in [4.69, 9.17) is 20.0 Å². The summed E-state index contributed by atoms with van der Waals surface area (Å²) in [6, 6.07) is 16.7. The van der Waals surface area contributed by atoms with E-state index in [1.807, 2.05) is 30.3 Å². The Labute approximate surface area is 141 Å². The minimum atomic E-state index is 0.310. The molecule has 0 N–H and O–H groups in total. The predicted octanol–water partition coefficient (Wildman–Crippen LogP) is 3.34. The van der Waals surface area contributed by atoms with Gasteiger partial charge in [0.15, 0.2) is 6.29 Å². The van der Waals surface area contributed by atoms with Crippen LogP contribution in [0.5, 0.6) is 11.5 Å². The zero-order valence-corrected chi connectivity index (χ0v) is 13.7. The summed E-state index contributed by atoms with van der Waals surface area (Å²) in [7, 11) is 3.13. The van der Waals surface area contributed by atoms with Gasteiger partial charge in [-0.3, -0.25) is 4.79 Å². The van der Waals surface area contributed by atoms with Crippen molar-refractivity contribution in [1.29, 1.82) is 10.5 Å². The SMILES string of the molecule is COc1ccc(CC#N)cc1.COc1ccc(CC#N)cc1C=O. The normalized spacial score (nSPS) is 8.83. The molecule has 0 saturated carbocycles. The summed E-state index contributed by atoms with van der Waals surface area (Å²) >= 11 is 0. The molecule has 2 rings (SSSR count). The number of aldehydes is 1. The zero-order chi connectivity index (χ0) is 17.8. The summed E-state index contributed by atoms with van der Waals surface area (Å²) in [6.45, 7) is 0. The van der Waals surface area contributed by atoms with Crippen molar-refractivity contribution in [2.24, 2.45) is 0 Å². The average molecular weight is 322 g/mol. The monoisotopic (exact) mass is 322 g/mol. The van der Waals surface area contributed by atoms with Gasteiger partial charge in [0, 0.05) is 0 Å². The van der Waals surface area contributed by atoms with Gasteiger partial charge in [-0.05, 0) is 35.4 Å². The lowest BCUT2D eigenvalue weighted by molar-refractivity contribution is 0.112. The van der Waals surface area contributed by atoms with Gasteiger partial charge < -0.3 is 9.47 Å². The van der Waals surface area contributed by atoms with E-state index in [0.29, 0.717) is 24.2 Å². The quantitative estimate of drug-likeness (QED) is 0.788. The molecule has 0 amide bonds. The second-order valence-electron chi connectivity index (χ2n) is 4.71. The number of nitriles is 2. The molecule has 0 aliphatic rings. The molecule has 0 unspecified atom stereocenters. The van der Waals surface area contributed by atoms with Gasteiger partial charge in [-0.15, -0.1) is 0 Å². The first-order chi connectivity index (χ1) is 11.7. The third-order valence-corrected chi connectivity index (χ3v) is 3.15. The van der Waals surface area contributed by atoms with Crippen molar-refractivity contribution < 1.29 is 14.3 Å². The smallest absolute Gasteiger partial charge is 0.153 e. The first kappa shape index (κ1) is 18.7. The summed E-state index contributed by atoms with van der Waals surface area (Å²) < 4.78 is 9.92. The lowest BCUT2D eigenvalue weighted by Gasteiger charge is -2.03. The molecule has 0 heterocycles. The van der Waals surface area contributed by atoms with Gasteiger partial charge in [0.05, 0.1) is 44.8 Å². The largest absolute Gasteiger partial charge is 0.497 e. The topological polar surface area (TPSA) is 83.1 Å². The summed E-state index contributed by atoms with van der Waals surface area (Å²) in [5, 5.41) is 16.8. The van der Waals surface area contributed by atoms with Crippen molar-refractivity contribution in [3.8, 4) is 23.6 Å². The number of nitrogens with zero attached hydrogens (tertiary/aromatic N) is 2. The van der Waals surface area contributed by atoms with E-state index in [9.17, 15) is 4.79 Å². The van der Waals surface area contributed by atoms with Crippen LogP contribution in [0.4, 0.5) is 0 Å². The van der Waals surface area contributed by atoms with E-state index in [2.05, 4.69) is 6.07 Å². The Balaban J connectivity index is 0.000000243. The minimum Gasteiger partial charge on any atom is -0.497 e. The van der Waals surface area contributed by atoms with Crippen LogP contribution in [0.25, 0.3) is 0 Å². The number of carbonyl (C=O) groups is 1. The van der Waals surface area contributed by atoms with Gasteiger partial charge in [0.25, 0.3) is 0 Å². The number of methoxy groups -OCH3 is 2. The number of hydrogen-bond donors (Lipinski definition) is 0. The van der Waals surface area contributed by atoms with Gasteiger partial charge in [-0.2, -0.15) is 10.5 Å². The third kappa shape index (κ3) is 5.82. The predicted molar refractivity (Wildman–Crippen MR) is 90.0 cm³/mol. The number of hydrogen-bond acceptors (Lipinski definition) is 5. The maximum absolute atomic E-state index is 10.6. The molecule has 5 nitrogen and oxygen atoms in total. The van der Waals surface area contributed by atoms with E-state index in [1.54, 1.807) is 25.3 Å². The highest BCUT2D eigenvalue weighted by Gasteiger charge is 2.02. The van der Waals surface area contributed by atoms with Crippen molar-refractivity contribution in [3.05, 3.63) is 59.2 Å². The Morgan fingerprint density at radius 3 is 2.00 bits per heavy atom. The molecule has 0 bridgehead atoms. The average Bonchev–Trinajstić information content (AvgIpc) is 2.63. The first-order valence-corrected chi connectivity index (χ1v) is 7.17. The lowest BCUT2D eigenvalue weighted by atomic mass is 10.1. The molecule has 0 spiro atoms. The molecular formula is C19H18N2O3. The Bertz CT molecular complexity index is 741. The van der Waals surface area contributed by atoms with E-state index >= 15 is 0 Å². The van der Waals surface area contributed by atoms with Crippen LogP contribution < -0.4 is 9.47 Å². The highest BCUT2D eigenvalue weighted by Crippen LogP contribution is 2.17. The van der Waals surface area contributed by atoms with Gasteiger partial charge in [0.1, 0.15) is 11.5 Å². The van der Waals surface area contributed by atoms with Gasteiger partial charge in [-0.1, -0.05) is 18.2 Å². The fourth-order valence-electron chi connectivity index (χ4n) is 1.91. The van der Waals surface area contributed by atoms with Crippen molar-refractivity contribution in [1.82, 2.24) is 0 Å². The zero-order valence-electron chi connectivity index (χ0n) is 13.7. The molecule has 122 valence electrons. The molecular weight excluding hydrogens is 304 g/mol. The molecule has 0 fully saturated rings. The van der Waals surface area contributed by atoms with Gasteiger partial charge in [0.2, 0.25) is 0 Å². The van der Waals surface area contributed by atoms with E-state index in [0.717, 1.165) is 23.2 Å². The molecule has 24 heavy (non-hydrogen) atoms. The van der Waals surface area contributed by atoms with Crippen molar-refractivity contribution in [2.75, 3.05) is 14.2 Å². The minimum absolute atomic E-state index is 0.310. The lowest BCUT2D eigenvalue weighted by Crippen LogP contribution is -1.92. The summed E-state index contributed by atoms with van der Waals surface area (Å²) in [6.07, 6.45) is 1.49. The van der Waals surface area contributed by atoms with Crippen LogP contribution in [0.2, 0.25) is 0 Å². The second-order valence-corrected chi connectivity index (χ2v) is 4.71. The first-order valence-electron chi connectivity index (χ1n) is 7.17. The van der Waals surface area contributed by atoms with Crippen LogP contribution in [0.1, 0.15) is 21.5 Å². The number of carbonyl (C=O) groups excluding carboxylic acids is 1. The number of ether oxygens (including phenoxy) is 2. The molecule has 5 heteroatoms.